The average Bonchev–Trinajstić information content (AvgIpc) is 3.08. The van der Waals surface area contributed by atoms with Crippen LogP contribution in [0.2, 0.25) is 0 Å². The molecule has 174 valence electrons. The Morgan fingerprint density at radius 2 is 1.91 bits per heavy atom. The van der Waals surface area contributed by atoms with Gasteiger partial charge in [-0.1, -0.05) is 49.6 Å². The highest BCUT2D eigenvalue weighted by atomic mass is 16.5. The lowest BCUT2D eigenvalue weighted by Crippen LogP contribution is -2.36. The maximum Gasteiger partial charge on any atom is 0.337 e. The minimum absolute atomic E-state index is 0.111. The van der Waals surface area contributed by atoms with Crippen molar-refractivity contribution in [2.45, 2.75) is 62.9 Å². The number of esters is 2. The molecular formula is C27H32N2O4. The summed E-state index contributed by atoms with van der Waals surface area (Å²) in [5.74, 6) is -0.0550. The van der Waals surface area contributed by atoms with Gasteiger partial charge in [0.25, 0.3) is 0 Å². The number of aromatic nitrogens is 1. The van der Waals surface area contributed by atoms with E-state index in [0.29, 0.717) is 24.6 Å². The van der Waals surface area contributed by atoms with Crippen LogP contribution >= 0.6 is 0 Å². The normalized spacial score (nSPS) is 24.7. The summed E-state index contributed by atoms with van der Waals surface area (Å²) in [6, 6.07) is 5.41. The molecule has 6 heteroatoms. The number of carbonyl (C=O) groups is 2. The van der Waals surface area contributed by atoms with Crippen molar-refractivity contribution < 1.29 is 19.1 Å². The summed E-state index contributed by atoms with van der Waals surface area (Å²) in [6.07, 6.45) is 14.6. The van der Waals surface area contributed by atoms with Crippen LogP contribution in [-0.4, -0.2) is 42.8 Å². The summed E-state index contributed by atoms with van der Waals surface area (Å²) in [5.41, 5.74) is 3.94. The summed E-state index contributed by atoms with van der Waals surface area (Å²) in [6.45, 7) is 2.64. The zero-order valence-electron chi connectivity index (χ0n) is 19.4. The number of carbonyl (C=O) groups excluding carboxylic acids is 2. The first-order chi connectivity index (χ1) is 16.1. The second-order valence-corrected chi connectivity index (χ2v) is 9.22. The molecule has 1 aromatic carbocycles. The van der Waals surface area contributed by atoms with Crippen LogP contribution in [0, 0.1) is 0 Å². The fraction of sp³-hybridized carbons (Fsp3) is 0.481. The molecular weight excluding hydrogens is 416 g/mol. The quantitative estimate of drug-likeness (QED) is 0.683. The van der Waals surface area contributed by atoms with Crippen LogP contribution in [-0.2, 0) is 14.3 Å². The molecule has 0 saturated heterocycles. The van der Waals surface area contributed by atoms with Crippen LogP contribution in [0.15, 0.2) is 42.5 Å². The molecule has 33 heavy (non-hydrogen) atoms. The third-order valence-corrected chi connectivity index (χ3v) is 7.39. The second kappa shape index (κ2) is 9.18. The number of ether oxygens (including phenoxy) is 2. The largest absolute Gasteiger partial charge is 0.465 e. The smallest absolute Gasteiger partial charge is 0.337 e. The van der Waals surface area contributed by atoms with Crippen LogP contribution in [0.1, 0.15) is 78.5 Å². The molecule has 6 nitrogen and oxygen atoms in total. The van der Waals surface area contributed by atoms with E-state index in [0.717, 1.165) is 23.7 Å². The Hall–Kier alpha value is -2.86. The number of nitrogens with zero attached hydrogens (tertiary/aromatic N) is 1. The zero-order valence-corrected chi connectivity index (χ0v) is 19.4. The number of benzene rings is 1. The number of nitrogens with one attached hydrogen (secondary N) is 1. The number of methoxy groups -OCH3 is 1. The Kier molecular flexibility index (Phi) is 6.11. The summed E-state index contributed by atoms with van der Waals surface area (Å²) in [5, 5.41) is 4.74. The second-order valence-electron chi connectivity index (χ2n) is 9.22. The van der Waals surface area contributed by atoms with E-state index in [4.69, 9.17) is 9.47 Å². The van der Waals surface area contributed by atoms with Crippen molar-refractivity contribution in [1.82, 2.24) is 9.88 Å². The maximum absolute atomic E-state index is 13.2. The predicted molar refractivity (Wildman–Crippen MR) is 128 cm³/mol. The highest BCUT2D eigenvalue weighted by Crippen LogP contribution is 2.46. The molecule has 3 aliphatic rings. The molecule has 3 atom stereocenters. The Morgan fingerprint density at radius 1 is 1.12 bits per heavy atom. The first kappa shape index (κ1) is 22.0. The molecule has 1 aliphatic heterocycles. The van der Waals surface area contributed by atoms with Gasteiger partial charge in [-0.2, -0.15) is 0 Å². The highest BCUT2D eigenvalue weighted by Gasteiger charge is 2.39. The van der Waals surface area contributed by atoms with E-state index in [9.17, 15) is 9.59 Å². The molecule has 0 radical (unpaired) electrons. The van der Waals surface area contributed by atoms with Gasteiger partial charge in [0, 0.05) is 29.6 Å². The summed E-state index contributed by atoms with van der Waals surface area (Å²) in [7, 11) is 1.40. The van der Waals surface area contributed by atoms with Gasteiger partial charge < -0.3 is 19.4 Å². The summed E-state index contributed by atoms with van der Waals surface area (Å²) in [4.78, 5) is 25.6. The molecule has 1 saturated carbocycles. The maximum atomic E-state index is 13.2. The zero-order chi connectivity index (χ0) is 22.9. The predicted octanol–water partition coefficient (Wildman–Crippen LogP) is 4.76. The number of hydrogen-bond acceptors (Lipinski definition) is 5. The fourth-order valence-electron chi connectivity index (χ4n) is 5.93. The molecule has 0 bridgehead atoms. The topological polar surface area (TPSA) is 69.6 Å². The van der Waals surface area contributed by atoms with Gasteiger partial charge in [0.1, 0.15) is 6.04 Å². The van der Waals surface area contributed by atoms with E-state index < -0.39 is 6.04 Å². The highest BCUT2D eigenvalue weighted by molar-refractivity contribution is 5.97. The summed E-state index contributed by atoms with van der Waals surface area (Å²) < 4.78 is 12.7. The van der Waals surface area contributed by atoms with E-state index in [-0.39, 0.29) is 23.9 Å². The molecule has 1 aromatic heterocycles. The van der Waals surface area contributed by atoms with Crippen molar-refractivity contribution in [3.63, 3.8) is 0 Å². The standard InChI is InChI=1S/C27H32N2O4/c1-3-33-27(31)23-16-28-21-12-8-7-11-19(21)25-24(17-9-5-4-6-10-17)20-14-13-18(26(30)32-2)15-22(20)29(23)25/h7-8,11-15,17,19,21,23,28H,3-6,9-10,16H2,1-2H3/t19?,21-,23?/m0/s1. The molecule has 2 heterocycles. The van der Waals surface area contributed by atoms with Gasteiger partial charge in [-0.25, -0.2) is 9.59 Å². The third kappa shape index (κ3) is 3.80. The van der Waals surface area contributed by atoms with Crippen molar-refractivity contribution in [2.24, 2.45) is 0 Å². The van der Waals surface area contributed by atoms with Crippen LogP contribution in [0.4, 0.5) is 0 Å². The Morgan fingerprint density at radius 3 is 2.67 bits per heavy atom. The van der Waals surface area contributed by atoms with Crippen molar-refractivity contribution in [3.05, 3.63) is 59.3 Å². The SMILES string of the molecule is CCOC(=O)C1CN[C@H]2C=CC=CC2c2c(C3CCCCC3)c3ccc(C(=O)OC)cc3n21. The van der Waals surface area contributed by atoms with Gasteiger partial charge in [0.2, 0.25) is 0 Å². The van der Waals surface area contributed by atoms with Gasteiger partial charge in [-0.05, 0) is 43.4 Å². The minimum atomic E-state index is -0.500. The molecule has 0 spiro atoms. The number of allylic oxidation sites excluding steroid dienone is 2. The molecule has 1 N–H and O–H groups in total. The number of hydrogen-bond donors (Lipinski definition) is 1. The Labute approximate surface area is 194 Å². The average molecular weight is 449 g/mol. The monoisotopic (exact) mass is 448 g/mol. The lowest BCUT2D eigenvalue weighted by Gasteiger charge is -2.28. The molecule has 0 amide bonds. The Balaban J connectivity index is 1.80. The van der Waals surface area contributed by atoms with Crippen molar-refractivity contribution in [1.29, 1.82) is 0 Å². The lowest BCUT2D eigenvalue weighted by atomic mass is 9.79. The van der Waals surface area contributed by atoms with Gasteiger partial charge in [-0.3, -0.25) is 0 Å². The molecule has 2 aromatic rings. The van der Waals surface area contributed by atoms with Crippen LogP contribution in [0.3, 0.4) is 0 Å². The van der Waals surface area contributed by atoms with E-state index in [1.54, 1.807) is 0 Å². The number of fused-ring (bicyclic) bond motifs is 5. The van der Waals surface area contributed by atoms with Gasteiger partial charge >= 0.3 is 11.9 Å². The molecule has 1 fully saturated rings. The lowest BCUT2D eigenvalue weighted by molar-refractivity contribution is -0.146. The van der Waals surface area contributed by atoms with E-state index in [1.165, 1.54) is 37.6 Å². The van der Waals surface area contributed by atoms with E-state index in [2.05, 4.69) is 40.3 Å². The van der Waals surface area contributed by atoms with E-state index in [1.807, 2.05) is 19.1 Å². The molecule has 2 unspecified atom stereocenters. The van der Waals surface area contributed by atoms with Gasteiger partial charge in [0.15, 0.2) is 0 Å². The van der Waals surface area contributed by atoms with Gasteiger partial charge in [-0.15, -0.1) is 0 Å². The first-order valence-electron chi connectivity index (χ1n) is 12.1. The third-order valence-electron chi connectivity index (χ3n) is 7.39. The van der Waals surface area contributed by atoms with Crippen LogP contribution < -0.4 is 5.32 Å². The fourth-order valence-corrected chi connectivity index (χ4v) is 5.93. The van der Waals surface area contributed by atoms with Crippen molar-refractivity contribution in [2.75, 3.05) is 20.3 Å². The minimum Gasteiger partial charge on any atom is -0.465 e. The van der Waals surface area contributed by atoms with Crippen LogP contribution in [0.25, 0.3) is 10.9 Å². The first-order valence-corrected chi connectivity index (χ1v) is 12.1. The summed E-state index contributed by atoms with van der Waals surface area (Å²) >= 11 is 0. The number of rotatable bonds is 4. The Bertz CT molecular complexity index is 1120. The van der Waals surface area contributed by atoms with Crippen molar-refractivity contribution in [3.8, 4) is 0 Å². The molecule has 5 rings (SSSR count). The van der Waals surface area contributed by atoms with Crippen LogP contribution in [0.5, 0.6) is 0 Å². The molecule has 2 aliphatic carbocycles. The van der Waals surface area contributed by atoms with Gasteiger partial charge in [0.05, 0.1) is 24.8 Å². The van der Waals surface area contributed by atoms with E-state index >= 15 is 0 Å². The van der Waals surface area contributed by atoms with Crippen molar-refractivity contribution >= 4 is 22.8 Å².